The van der Waals surface area contributed by atoms with Crippen molar-refractivity contribution >= 4 is 0 Å². The highest BCUT2D eigenvalue weighted by Crippen LogP contribution is 2.51. The molecule has 0 aliphatic heterocycles. The summed E-state index contributed by atoms with van der Waals surface area (Å²) in [5.74, 6) is 1.95. The van der Waals surface area contributed by atoms with Crippen LogP contribution in [0.15, 0.2) is 12.4 Å². The van der Waals surface area contributed by atoms with Gasteiger partial charge in [-0.25, -0.2) is 4.98 Å². The van der Waals surface area contributed by atoms with Crippen molar-refractivity contribution in [3.63, 3.8) is 0 Å². The maximum absolute atomic E-state index is 4.37. The van der Waals surface area contributed by atoms with Crippen molar-refractivity contribution in [1.29, 1.82) is 0 Å². The van der Waals surface area contributed by atoms with Gasteiger partial charge in [-0.05, 0) is 31.1 Å². The van der Waals surface area contributed by atoms with Gasteiger partial charge in [0.2, 0.25) is 0 Å². The lowest BCUT2D eigenvalue weighted by Crippen LogP contribution is -2.28. The van der Waals surface area contributed by atoms with Crippen LogP contribution in [0.2, 0.25) is 0 Å². The van der Waals surface area contributed by atoms with Crippen LogP contribution >= 0.6 is 0 Å². The summed E-state index contributed by atoms with van der Waals surface area (Å²) < 4.78 is 2.20. The van der Waals surface area contributed by atoms with E-state index in [0.717, 1.165) is 31.4 Å². The Hall–Kier alpha value is -0.830. The molecule has 1 aromatic rings. The normalized spacial score (nSPS) is 18.0. The molecule has 0 amide bonds. The van der Waals surface area contributed by atoms with Crippen LogP contribution < -0.4 is 5.32 Å². The topological polar surface area (TPSA) is 29.9 Å². The molecule has 0 bridgehead atoms. The Bertz CT molecular complexity index is 337. The fraction of sp³-hybridized carbons (Fsp3) is 0.769. The third-order valence-corrected chi connectivity index (χ3v) is 4.02. The molecule has 16 heavy (non-hydrogen) atoms. The molecular weight excluding hydrogens is 198 g/mol. The molecule has 1 fully saturated rings. The molecule has 0 spiro atoms. The van der Waals surface area contributed by atoms with Gasteiger partial charge >= 0.3 is 0 Å². The third-order valence-electron chi connectivity index (χ3n) is 4.02. The largest absolute Gasteiger partial charge is 0.334 e. The first-order chi connectivity index (χ1) is 7.68. The summed E-state index contributed by atoms with van der Waals surface area (Å²) in [6, 6.07) is 0. The van der Waals surface area contributed by atoms with E-state index in [-0.39, 0.29) is 0 Å². The summed E-state index contributed by atoms with van der Waals surface area (Å²) >= 11 is 0. The van der Waals surface area contributed by atoms with E-state index in [1.807, 2.05) is 12.4 Å². The summed E-state index contributed by atoms with van der Waals surface area (Å²) in [6.07, 6.45) is 6.71. The Morgan fingerprint density at radius 3 is 2.81 bits per heavy atom. The number of nitrogens with zero attached hydrogens (tertiary/aromatic N) is 2. The lowest BCUT2D eigenvalue weighted by molar-refractivity contribution is 0.335. The fourth-order valence-corrected chi connectivity index (χ4v) is 2.34. The Kier molecular flexibility index (Phi) is 3.33. The summed E-state index contributed by atoms with van der Waals surface area (Å²) in [4.78, 5) is 4.37. The SMILES string of the molecule is CCn1ccnc1CNCC1(C(C)C)CC1. The maximum Gasteiger partial charge on any atom is 0.122 e. The zero-order valence-electron chi connectivity index (χ0n) is 10.7. The number of aromatic nitrogens is 2. The first-order valence-electron chi connectivity index (χ1n) is 6.38. The van der Waals surface area contributed by atoms with Gasteiger partial charge in [-0.2, -0.15) is 0 Å². The van der Waals surface area contributed by atoms with Crippen molar-refractivity contribution in [1.82, 2.24) is 14.9 Å². The lowest BCUT2D eigenvalue weighted by atomic mass is 9.92. The molecule has 3 heteroatoms. The zero-order chi connectivity index (χ0) is 11.6. The monoisotopic (exact) mass is 221 g/mol. The molecule has 1 heterocycles. The Morgan fingerprint density at radius 2 is 2.25 bits per heavy atom. The van der Waals surface area contributed by atoms with E-state index in [1.165, 1.54) is 12.8 Å². The molecule has 0 radical (unpaired) electrons. The number of nitrogens with one attached hydrogen (secondary N) is 1. The van der Waals surface area contributed by atoms with Crippen LogP contribution in [-0.4, -0.2) is 16.1 Å². The highest BCUT2D eigenvalue weighted by Gasteiger charge is 2.44. The summed E-state index contributed by atoms with van der Waals surface area (Å²) in [6.45, 7) is 9.87. The molecule has 0 atom stereocenters. The smallest absolute Gasteiger partial charge is 0.122 e. The fourth-order valence-electron chi connectivity index (χ4n) is 2.34. The maximum atomic E-state index is 4.37. The number of hydrogen-bond donors (Lipinski definition) is 1. The molecular formula is C13H23N3. The average Bonchev–Trinajstić information content (AvgIpc) is 2.91. The van der Waals surface area contributed by atoms with Crippen LogP contribution in [0.25, 0.3) is 0 Å². The second-order valence-electron chi connectivity index (χ2n) is 5.25. The highest BCUT2D eigenvalue weighted by atomic mass is 15.1. The van der Waals surface area contributed by atoms with Gasteiger partial charge in [-0.1, -0.05) is 13.8 Å². The van der Waals surface area contributed by atoms with E-state index >= 15 is 0 Å². The van der Waals surface area contributed by atoms with Crippen LogP contribution in [0.1, 0.15) is 39.4 Å². The molecule has 0 saturated heterocycles. The number of imidazole rings is 1. The molecule has 1 saturated carbocycles. The van der Waals surface area contributed by atoms with Gasteiger partial charge in [0.25, 0.3) is 0 Å². The van der Waals surface area contributed by atoms with Gasteiger partial charge in [-0.15, -0.1) is 0 Å². The first-order valence-corrected chi connectivity index (χ1v) is 6.38. The molecule has 1 aliphatic carbocycles. The van der Waals surface area contributed by atoms with E-state index in [0.29, 0.717) is 5.41 Å². The van der Waals surface area contributed by atoms with Crippen LogP contribution in [0.5, 0.6) is 0 Å². The van der Waals surface area contributed by atoms with Gasteiger partial charge in [-0.3, -0.25) is 0 Å². The summed E-state index contributed by atoms with van der Waals surface area (Å²) in [7, 11) is 0. The predicted molar refractivity (Wildman–Crippen MR) is 66.1 cm³/mol. The third kappa shape index (κ3) is 2.29. The van der Waals surface area contributed by atoms with Crippen LogP contribution in [0.4, 0.5) is 0 Å². The Morgan fingerprint density at radius 1 is 1.50 bits per heavy atom. The van der Waals surface area contributed by atoms with Crippen molar-refractivity contribution < 1.29 is 0 Å². The van der Waals surface area contributed by atoms with Crippen molar-refractivity contribution in [3.8, 4) is 0 Å². The summed E-state index contributed by atoms with van der Waals surface area (Å²) in [5, 5.41) is 3.56. The van der Waals surface area contributed by atoms with E-state index < -0.39 is 0 Å². The average molecular weight is 221 g/mol. The highest BCUT2D eigenvalue weighted by molar-refractivity contribution is 4.98. The van der Waals surface area contributed by atoms with Gasteiger partial charge in [0.15, 0.2) is 0 Å². The number of rotatable bonds is 6. The zero-order valence-corrected chi connectivity index (χ0v) is 10.7. The predicted octanol–water partition coefficient (Wildman–Crippen LogP) is 2.43. The van der Waals surface area contributed by atoms with Gasteiger partial charge in [0.05, 0.1) is 6.54 Å². The van der Waals surface area contributed by atoms with Crippen molar-refractivity contribution in [3.05, 3.63) is 18.2 Å². The standard InChI is InChI=1S/C13H23N3/c1-4-16-8-7-15-12(16)9-14-10-13(5-6-13)11(2)3/h7-8,11,14H,4-6,9-10H2,1-3H3. The summed E-state index contributed by atoms with van der Waals surface area (Å²) in [5.41, 5.74) is 0.587. The van der Waals surface area contributed by atoms with E-state index in [9.17, 15) is 0 Å². The number of hydrogen-bond acceptors (Lipinski definition) is 2. The van der Waals surface area contributed by atoms with Gasteiger partial charge < -0.3 is 9.88 Å². The molecule has 3 nitrogen and oxygen atoms in total. The molecule has 0 aromatic carbocycles. The van der Waals surface area contributed by atoms with E-state index in [1.54, 1.807) is 0 Å². The van der Waals surface area contributed by atoms with Gasteiger partial charge in [0.1, 0.15) is 5.82 Å². The lowest BCUT2D eigenvalue weighted by Gasteiger charge is -2.20. The van der Waals surface area contributed by atoms with E-state index in [4.69, 9.17) is 0 Å². The van der Waals surface area contributed by atoms with Crippen LogP contribution in [0.3, 0.4) is 0 Å². The second kappa shape index (κ2) is 4.58. The van der Waals surface area contributed by atoms with Crippen molar-refractivity contribution in [2.75, 3.05) is 6.54 Å². The molecule has 1 N–H and O–H groups in total. The van der Waals surface area contributed by atoms with E-state index in [2.05, 4.69) is 35.6 Å². The minimum atomic E-state index is 0.587. The quantitative estimate of drug-likeness (QED) is 0.799. The molecule has 1 aliphatic rings. The molecule has 1 aromatic heterocycles. The molecule has 90 valence electrons. The Balaban J connectivity index is 1.80. The molecule has 2 rings (SSSR count). The first kappa shape index (κ1) is 11.6. The number of aryl methyl sites for hydroxylation is 1. The minimum Gasteiger partial charge on any atom is -0.334 e. The Labute approximate surface area is 98.3 Å². The van der Waals surface area contributed by atoms with Crippen molar-refractivity contribution in [2.24, 2.45) is 11.3 Å². The molecule has 0 unspecified atom stereocenters. The minimum absolute atomic E-state index is 0.587. The van der Waals surface area contributed by atoms with Gasteiger partial charge in [0, 0.05) is 25.5 Å². The second-order valence-corrected chi connectivity index (χ2v) is 5.25. The van der Waals surface area contributed by atoms with Crippen LogP contribution in [-0.2, 0) is 13.1 Å². The van der Waals surface area contributed by atoms with Crippen LogP contribution in [0, 0.1) is 11.3 Å². The van der Waals surface area contributed by atoms with Crippen molar-refractivity contribution in [2.45, 2.75) is 46.7 Å².